The van der Waals surface area contributed by atoms with Gasteiger partial charge in [0.15, 0.2) is 0 Å². The van der Waals surface area contributed by atoms with Crippen molar-refractivity contribution in [1.82, 2.24) is 5.43 Å². The third-order valence-corrected chi connectivity index (χ3v) is 5.08. The molecule has 0 aromatic heterocycles. The van der Waals surface area contributed by atoms with Gasteiger partial charge in [-0.1, -0.05) is 49.7 Å². The van der Waals surface area contributed by atoms with E-state index in [0.717, 1.165) is 5.56 Å². The van der Waals surface area contributed by atoms with Crippen LogP contribution in [0.4, 0.5) is 5.69 Å². The van der Waals surface area contributed by atoms with Crippen molar-refractivity contribution in [3.63, 3.8) is 0 Å². The molecule has 3 aromatic rings. The van der Waals surface area contributed by atoms with Gasteiger partial charge in [-0.15, -0.1) is 0 Å². The van der Waals surface area contributed by atoms with Gasteiger partial charge in [-0.2, -0.15) is 5.10 Å². The van der Waals surface area contributed by atoms with Crippen LogP contribution in [0.2, 0.25) is 5.02 Å². The number of hydrogen-bond acceptors (Lipinski definition) is 3. The third-order valence-electron chi connectivity index (χ3n) is 4.83. The zero-order valence-electron chi connectivity index (χ0n) is 17.6. The minimum Gasteiger partial charge on any atom is -0.322 e. The average Bonchev–Trinajstić information content (AvgIpc) is 2.78. The molecule has 5 nitrogen and oxygen atoms in total. The molecule has 0 aliphatic heterocycles. The SMILES string of the molecule is CC(=NNC(=O)c1ccc(C(C)C)cc1)c1ccc(NC(=O)c2ccc(Cl)cc2)cc1. The number of rotatable bonds is 6. The number of hydrogen-bond donors (Lipinski definition) is 2. The maximum Gasteiger partial charge on any atom is 0.271 e. The van der Waals surface area contributed by atoms with Gasteiger partial charge < -0.3 is 5.32 Å². The number of anilines is 1. The van der Waals surface area contributed by atoms with Crippen molar-refractivity contribution < 1.29 is 9.59 Å². The summed E-state index contributed by atoms with van der Waals surface area (Å²) in [6.07, 6.45) is 0. The first-order chi connectivity index (χ1) is 14.8. The standard InChI is InChI=1S/C25H24ClN3O2/c1-16(2)18-4-6-21(7-5-18)25(31)29-28-17(3)19-10-14-23(15-11-19)27-24(30)20-8-12-22(26)13-9-20/h4-16H,1-3H3,(H,27,30)(H,29,31). The summed E-state index contributed by atoms with van der Waals surface area (Å²) in [5, 5.41) is 7.61. The number of nitrogens with zero attached hydrogens (tertiary/aromatic N) is 1. The zero-order chi connectivity index (χ0) is 22.4. The van der Waals surface area contributed by atoms with Gasteiger partial charge in [-0.3, -0.25) is 9.59 Å². The molecule has 0 aliphatic carbocycles. The van der Waals surface area contributed by atoms with Crippen molar-refractivity contribution in [3.8, 4) is 0 Å². The fourth-order valence-electron chi connectivity index (χ4n) is 2.88. The van der Waals surface area contributed by atoms with Crippen LogP contribution in [0.3, 0.4) is 0 Å². The van der Waals surface area contributed by atoms with Gasteiger partial charge in [0.05, 0.1) is 5.71 Å². The van der Waals surface area contributed by atoms with Crippen LogP contribution in [0, 0.1) is 0 Å². The quantitative estimate of drug-likeness (QED) is 0.377. The zero-order valence-corrected chi connectivity index (χ0v) is 18.4. The Balaban J connectivity index is 1.60. The lowest BCUT2D eigenvalue weighted by atomic mass is 10.0. The Hall–Kier alpha value is -3.44. The van der Waals surface area contributed by atoms with Gasteiger partial charge in [0.25, 0.3) is 11.8 Å². The van der Waals surface area contributed by atoms with Crippen LogP contribution in [-0.2, 0) is 0 Å². The van der Waals surface area contributed by atoms with Crippen LogP contribution >= 0.6 is 11.6 Å². The molecule has 0 saturated heterocycles. The normalized spacial score (nSPS) is 11.3. The molecule has 0 aliphatic rings. The van der Waals surface area contributed by atoms with Crippen LogP contribution in [0.1, 0.15) is 58.5 Å². The second kappa shape index (κ2) is 10.0. The molecule has 0 heterocycles. The number of hydrazone groups is 1. The molecule has 6 heteroatoms. The van der Waals surface area contributed by atoms with E-state index in [2.05, 4.69) is 29.7 Å². The Morgan fingerprint density at radius 1 is 0.774 bits per heavy atom. The van der Waals surface area contributed by atoms with Gasteiger partial charge in [-0.25, -0.2) is 5.43 Å². The molecular weight excluding hydrogens is 410 g/mol. The van der Waals surface area contributed by atoms with E-state index in [0.29, 0.717) is 33.5 Å². The van der Waals surface area contributed by atoms with Gasteiger partial charge >= 0.3 is 0 Å². The highest BCUT2D eigenvalue weighted by atomic mass is 35.5. The van der Waals surface area contributed by atoms with E-state index in [1.54, 1.807) is 48.5 Å². The summed E-state index contributed by atoms with van der Waals surface area (Å²) in [6.45, 7) is 6.03. The predicted molar refractivity (Wildman–Crippen MR) is 126 cm³/mol. The van der Waals surface area contributed by atoms with Gasteiger partial charge in [0, 0.05) is 21.8 Å². The van der Waals surface area contributed by atoms with Crippen LogP contribution in [0.15, 0.2) is 77.9 Å². The maximum atomic E-state index is 12.3. The second-order valence-corrected chi connectivity index (χ2v) is 7.89. The molecule has 0 unspecified atom stereocenters. The minimum atomic E-state index is -0.262. The number of benzene rings is 3. The van der Waals surface area contributed by atoms with Crippen LogP contribution in [-0.4, -0.2) is 17.5 Å². The lowest BCUT2D eigenvalue weighted by Gasteiger charge is -2.08. The minimum absolute atomic E-state index is 0.217. The molecule has 31 heavy (non-hydrogen) atoms. The smallest absolute Gasteiger partial charge is 0.271 e. The molecule has 3 rings (SSSR count). The number of carbonyl (C=O) groups excluding carboxylic acids is 2. The molecule has 0 spiro atoms. The van der Waals surface area contributed by atoms with Crippen LogP contribution in [0.5, 0.6) is 0 Å². The first-order valence-electron chi connectivity index (χ1n) is 9.95. The molecule has 0 fully saturated rings. The van der Waals surface area contributed by atoms with Crippen LogP contribution < -0.4 is 10.7 Å². The molecule has 158 valence electrons. The van der Waals surface area contributed by atoms with E-state index in [1.165, 1.54) is 5.56 Å². The van der Waals surface area contributed by atoms with E-state index >= 15 is 0 Å². The van der Waals surface area contributed by atoms with E-state index < -0.39 is 0 Å². The van der Waals surface area contributed by atoms with E-state index in [9.17, 15) is 9.59 Å². The predicted octanol–water partition coefficient (Wildman–Crippen LogP) is 5.87. The fraction of sp³-hybridized carbons (Fsp3) is 0.160. The first-order valence-corrected chi connectivity index (χ1v) is 10.3. The average molecular weight is 434 g/mol. The summed E-state index contributed by atoms with van der Waals surface area (Å²) in [6, 6.07) is 21.4. The first kappa shape index (κ1) is 22.2. The highest BCUT2D eigenvalue weighted by Crippen LogP contribution is 2.16. The molecular formula is C25H24ClN3O2. The molecule has 0 saturated carbocycles. The van der Waals surface area contributed by atoms with Gasteiger partial charge in [0.1, 0.15) is 0 Å². The number of carbonyl (C=O) groups is 2. The van der Waals surface area contributed by atoms with Crippen LogP contribution in [0.25, 0.3) is 0 Å². The Kier molecular flexibility index (Phi) is 7.21. The topological polar surface area (TPSA) is 70.6 Å². The Bertz CT molecular complexity index is 1090. The molecule has 2 amide bonds. The van der Waals surface area contributed by atoms with Crippen molar-refractivity contribution in [2.24, 2.45) is 5.10 Å². The summed E-state index contributed by atoms with van der Waals surface area (Å²) >= 11 is 5.85. The number of amides is 2. The lowest BCUT2D eigenvalue weighted by molar-refractivity contribution is 0.0954. The third kappa shape index (κ3) is 6.03. The van der Waals surface area contributed by atoms with Crippen molar-refractivity contribution in [3.05, 3.63) is 100 Å². The summed E-state index contributed by atoms with van der Waals surface area (Å²) in [7, 11) is 0. The molecule has 0 bridgehead atoms. The number of halogens is 1. The molecule has 0 atom stereocenters. The molecule has 2 N–H and O–H groups in total. The summed E-state index contributed by atoms with van der Waals surface area (Å²) < 4.78 is 0. The van der Waals surface area contributed by atoms with E-state index in [1.807, 2.05) is 31.2 Å². The Morgan fingerprint density at radius 3 is 1.87 bits per heavy atom. The van der Waals surface area contributed by atoms with E-state index in [-0.39, 0.29) is 11.8 Å². The highest BCUT2D eigenvalue weighted by Gasteiger charge is 2.08. The number of nitrogens with one attached hydrogen (secondary N) is 2. The molecule has 0 radical (unpaired) electrons. The largest absolute Gasteiger partial charge is 0.322 e. The Labute approximate surface area is 187 Å². The summed E-state index contributed by atoms with van der Waals surface area (Å²) in [5.74, 6) is -0.0663. The second-order valence-electron chi connectivity index (χ2n) is 7.45. The van der Waals surface area contributed by atoms with Crippen molar-refractivity contribution >= 4 is 34.8 Å². The summed E-state index contributed by atoms with van der Waals surface area (Å²) in [4.78, 5) is 24.6. The van der Waals surface area contributed by atoms with E-state index in [4.69, 9.17) is 11.6 Å². The summed E-state index contributed by atoms with van der Waals surface area (Å²) in [5.41, 5.74) is 6.99. The van der Waals surface area contributed by atoms with Gasteiger partial charge in [0.2, 0.25) is 0 Å². The maximum absolute atomic E-state index is 12.3. The van der Waals surface area contributed by atoms with Crippen molar-refractivity contribution in [2.45, 2.75) is 26.7 Å². The monoisotopic (exact) mass is 433 g/mol. The highest BCUT2D eigenvalue weighted by molar-refractivity contribution is 6.30. The van der Waals surface area contributed by atoms with Crippen molar-refractivity contribution in [2.75, 3.05) is 5.32 Å². The van der Waals surface area contributed by atoms with Gasteiger partial charge in [-0.05, 0) is 72.5 Å². The Morgan fingerprint density at radius 2 is 1.29 bits per heavy atom. The lowest BCUT2D eigenvalue weighted by Crippen LogP contribution is -2.19. The molecule has 3 aromatic carbocycles. The fourth-order valence-corrected chi connectivity index (χ4v) is 3.01. The van der Waals surface area contributed by atoms with Crippen molar-refractivity contribution in [1.29, 1.82) is 0 Å².